The summed E-state index contributed by atoms with van der Waals surface area (Å²) >= 11 is 0. The molecule has 2 aliphatic rings. The maximum Gasteiger partial charge on any atom is 0.239 e. The average molecular weight is 315 g/mol. The number of carbonyl (C=O) groups is 1. The van der Waals surface area contributed by atoms with E-state index in [1.807, 2.05) is 30.3 Å². The van der Waals surface area contributed by atoms with Crippen LogP contribution in [0.15, 0.2) is 30.3 Å². The maximum atomic E-state index is 12.0. The van der Waals surface area contributed by atoms with Crippen molar-refractivity contribution >= 4 is 5.91 Å². The first-order valence-electron chi connectivity index (χ1n) is 8.99. The highest BCUT2D eigenvalue weighted by Crippen LogP contribution is 2.30. The zero-order chi connectivity index (χ0) is 16.2. The number of rotatable bonds is 4. The van der Waals surface area contributed by atoms with Crippen LogP contribution in [0.1, 0.15) is 44.2 Å². The smallest absolute Gasteiger partial charge is 0.239 e. The molecule has 1 aliphatic heterocycles. The SMILES string of the molecule is C[C@@H]1CCCC[C@H]1N1CCN([C@H](C(N)=O)c2ccccc2)CC1. The van der Waals surface area contributed by atoms with E-state index in [1.54, 1.807) is 0 Å². The van der Waals surface area contributed by atoms with E-state index >= 15 is 0 Å². The van der Waals surface area contributed by atoms with Crippen LogP contribution in [-0.2, 0) is 4.79 Å². The molecule has 4 heteroatoms. The molecular weight excluding hydrogens is 286 g/mol. The molecule has 126 valence electrons. The summed E-state index contributed by atoms with van der Waals surface area (Å²) in [5, 5.41) is 0. The molecule has 0 bridgehead atoms. The zero-order valence-corrected chi connectivity index (χ0v) is 14.2. The Labute approximate surface area is 139 Å². The molecule has 0 unspecified atom stereocenters. The van der Waals surface area contributed by atoms with Crippen LogP contribution >= 0.6 is 0 Å². The molecule has 23 heavy (non-hydrogen) atoms. The van der Waals surface area contributed by atoms with E-state index in [4.69, 9.17) is 5.73 Å². The third kappa shape index (κ3) is 3.75. The van der Waals surface area contributed by atoms with Crippen LogP contribution in [0.5, 0.6) is 0 Å². The first-order valence-corrected chi connectivity index (χ1v) is 8.99. The summed E-state index contributed by atoms with van der Waals surface area (Å²) in [6.07, 6.45) is 5.44. The van der Waals surface area contributed by atoms with Gasteiger partial charge in [0.15, 0.2) is 0 Å². The van der Waals surface area contributed by atoms with Crippen molar-refractivity contribution in [2.45, 2.75) is 44.7 Å². The topological polar surface area (TPSA) is 49.6 Å². The van der Waals surface area contributed by atoms with Crippen molar-refractivity contribution < 1.29 is 4.79 Å². The van der Waals surface area contributed by atoms with Gasteiger partial charge in [-0.1, -0.05) is 50.1 Å². The Kier molecular flexibility index (Phi) is 5.34. The van der Waals surface area contributed by atoms with Gasteiger partial charge in [0.05, 0.1) is 0 Å². The van der Waals surface area contributed by atoms with E-state index in [9.17, 15) is 4.79 Å². The van der Waals surface area contributed by atoms with Gasteiger partial charge in [0.25, 0.3) is 0 Å². The van der Waals surface area contributed by atoms with Gasteiger partial charge >= 0.3 is 0 Å². The number of hydrogen-bond donors (Lipinski definition) is 1. The van der Waals surface area contributed by atoms with E-state index in [0.29, 0.717) is 0 Å². The standard InChI is InChI=1S/C19H29N3O/c1-15-7-5-6-10-17(15)21-11-13-22(14-12-21)18(19(20)23)16-8-3-2-4-9-16/h2-4,8-9,15,17-18H,5-7,10-14H2,1H3,(H2,20,23)/t15-,17-,18+/m1/s1. The Morgan fingerprint density at radius 2 is 1.74 bits per heavy atom. The number of nitrogens with zero attached hydrogens (tertiary/aromatic N) is 2. The highest BCUT2D eigenvalue weighted by molar-refractivity contribution is 5.81. The minimum Gasteiger partial charge on any atom is -0.368 e. The second kappa shape index (κ2) is 7.45. The van der Waals surface area contributed by atoms with Crippen LogP contribution < -0.4 is 5.73 Å². The lowest BCUT2D eigenvalue weighted by Crippen LogP contribution is -2.54. The third-order valence-corrected chi connectivity index (χ3v) is 5.63. The number of benzene rings is 1. The van der Waals surface area contributed by atoms with Gasteiger partial charge in [0.2, 0.25) is 5.91 Å². The lowest BCUT2D eigenvalue weighted by atomic mass is 9.84. The number of carbonyl (C=O) groups excluding carboxylic acids is 1. The van der Waals surface area contributed by atoms with Gasteiger partial charge in [-0.15, -0.1) is 0 Å². The fourth-order valence-electron chi connectivity index (χ4n) is 4.36. The van der Waals surface area contributed by atoms with Crippen molar-refractivity contribution in [3.05, 3.63) is 35.9 Å². The highest BCUT2D eigenvalue weighted by Gasteiger charge is 2.33. The lowest BCUT2D eigenvalue weighted by Gasteiger charge is -2.44. The molecular formula is C19H29N3O. The van der Waals surface area contributed by atoms with Crippen LogP contribution in [-0.4, -0.2) is 47.9 Å². The summed E-state index contributed by atoms with van der Waals surface area (Å²) in [6.45, 7) is 6.33. The van der Waals surface area contributed by atoms with Crippen molar-refractivity contribution in [2.75, 3.05) is 26.2 Å². The van der Waals surface area contributed by atoms with Crippen molar-refractivity contribution in [2.24, 2.45) is 11.7 Å². The van der Waals surface area contributed by atoms with Crippen molar-refractivity contribution in [1.29, 1.82) is 0 Å². The van der Waals surface area contributed by atoms with E-state index < -0.39 is 0 Å². The van der Waals surface area contributed by atoms with Gasteiger partial charge in [-0.2, -0.15) is 0 Å². The molecule has 1 amide bonds. The van der Waals surface area contributed by atoms with E-state index in [1.165, 1.54) is 25.7 Å². The number of amides is 1. The van der Waals surface area contributed by atoms with Crippen molar-refractivity contribution in [1.82, 2.24) is 9.80 Å². The van der Waals surface area contributed by atoms with Crippen molar-refractivity contribution in [3.8, 4) is 0 Å². The van der Waals surface area contributed by atoms with Gasteiger partial charge in [-0.05, 0) is 24.3 Å². The Balaban J connectivity index is 1.64. The molecule has 3 atom stereocenters. The second-order valence-electron chi connectivity index (χ2n) is 7.12. The van der Waals surface area contributed by atoms with Gasteiger partial charge in [0, 0.05) is 32.2 Å². The average Bonchev–Trinajstić information content (AvgIpc) is 2.57. The number of hydrogen-bond acceptors (Lipinski definition) is 3. The van der Waals surface area contributed by atoms with Crippen LogP contribution in [0.2, 0.25) is 0 Å². The Bertz CT molecular complexity index is 511. The molecule has 1 aromatic rings. The molecule has 2 N–H and O–H groups in total. The van der Waals surface area contributed by atoms with Gasteiger partial charge in [0.1, 0.15) is 6.04 Å². The summed E-state index contributed by atoms with van der Waals surface area (Å²) in [7, 11) is 0. The summed E-state index contributed by atoms with van der Waals surface area (Å²) in [4.78, 5) is 16.9. The Morgan fingerprint density at radius 3 is 2.35 bits per heavy atom. The molecule has 0 radical (unpaired) electrons. The summed E-state index contributed by atoms with van der Waals surface area (Å²) in [6, 6.07) is 10.4. The molecule has 1 saturated heterocycles. The summed E-state index contributed by atoms with van der Waals surface area (Å²) in [5.41, 5.74) is 6.72. The van der Waals surface area contributed by atoms with Crippen molar-refractivity contribution in [3.63, 3.8) is 0 Å². The second-order valence-corrected chi connectivity index (χ2v) is 7.12. The van der Waals surface area contributed by atoms with Crippen LogP contribution in [0.25, 0.3) is 0 Å². The van der Waals surface area contributed by atoms with Crippen LogP contribution in [0.4, 0.5) is 0 Å². The molecule has 1 saturated carbocycles. The molecule has 2 fully saturated rings. The predicted molar refractivity (Wildman–Crippen MR) is 92.9 cm³/mol. The minimum absolute atomic E-state index is 0.240. The summed E-state index contributed by atoms with van der Waals surface area (Å²) in [5.74, 6) is 0.562. The molecule has 1 heterocycles. The lowest BCUT2D eigenvalue weighted by molar-refractivity contribution is -0.124. The molecule has 1 aromatic carbocycles. The van der Waals surface area contributed by atoms with E-state index in [2.05, 4.69) is 16.7 Å². The zero-order valence-electron chi connectivity index (χ0n) is 14.2. The summed E-state index contributed by atoms with van der Waals surface area (Å²) < 4.78 is 0. The number of piperazine rings is 1. The Hall–Kier alpha value is -1.39. The number of primary amides is 1. The molecule has 1 aliphatic carbocycles. The molecule has 3 rings (SSSR count). The highest BCUT2D eigenvalue weighted by atomic mass is 16.1. The van der Waals surface area contributed by atoms with Crippen LogP contribution in [0.3, 0.4) is 0 Å². The monoisotopic (exact) mass is 315 g/mol. The molecule has 0 spiro atoms. The fraction of sp³-hybridized carbons (Fsp3) is 0.632. The van der Waals surface area contributed by atoms with E-state index in [0.717, 1.165) is 43.7 Å². The molecule has 4 nitrogen and oxygen atoms in total. The van der Waals surface area contributed by atoms with Gasteiger partial charge < -0.3 is 5.73 Å². The van der Waals surface area contributed by atoms with Gasteiger partial charge in [-0.25, -0.2) is 0 Å². The Morgan fingerprint density at radius 1 is 1.09 bits per heavy atom. The minimum atomic E-state index is -0.290. The maximum absolute atomic E-state index is 12.0. The quantitative estimate of drug-likeness (QED) is 0.928. The third-order valence-electron chi connectivity index (χ3n) is 5.63. The van der Waals surface area contributed by atoms with Crippen LogP contribution in [0, 0.1) is 5.92 Å². The molecule has 0 aromatic heterocycles. The fourth-order valence-corrected chi connectivity index (χ4v) is 4.36. The van der Waals surface area contributed by atoms with Gasteiger partial charge in [-0.3, -0.25) is 14.6 Å². The predicted octanol–water partition coefficient (Wildman–Crippen LogP) is 2.41. The first-order chi connectivity index (χ1) is 11.2. The largest absolute Gasteiger partial charge is 0.368 e. The normalized spacial score (nSPS) is 28.4. The number of nitrogens with two attached hydrogens (primary N) is 1. The van der Waals surface area contributed by atoms with E-state index in [-0.39, 0.29) is 11.9 Å². The first kappa shape index (κ1) is 16.5.